The summed E-state index contributed by atoms with van der Waals surface area (Å²) in [5, 5.41) is 13.0. The van der Waals surface area contributed by atoms with E-state index in [1.807, 2.05) is 135 Å². The third-order valence-corrected chi connectivity index (χ3v) is 11.0. The average molecular weight is 861 g/mol. The minimum atomic E-state index is 0.103. The van der Waals surface area contributed by atoms with Crippen LogP contribution in [0.25, 0.3) is 80.0 Å². The van der Waals surface area contributed by atoms with Crippen molar-refractivity contribution in [1.29, 1.82) is 5.41 Å². The SMILES string of the molecule is C=C/C=C(C=C)/C(=C/C(=N)/C1=C(c2cccc3c2oc2ccccc23)/C=C(c2cccc3c(/C=C\C)c(C=C)oc23)\C=C\C=C\C=C/c2c1oc(C=C)c2/C=C\C)N=C.Cc1ccccc1. The molecule has 1 aliphatic carbocycles. The van der Waals surface area contributed by atoms with E-state index in [4.69, 9.17) is 13.3 Å². The molecule has 0 radical (unpaired) electrons. The highest BCUT2D eigenvalue weighted by molar-refractivity contribution is 6.36. The van der Waals surface area contributed by atoms with Crippen molar-refractivity contribution in [3.63, 3.8) is 0 Å². The van der Waals surface area contributed by atoms with Crippen molar-refractivity contribution < 1.29 is 13.3 Å². The molecule has 3 heterocycles. The number of para-hydroxylation sites is 3. The molecule has 0 spiro atoms. The molecule has 66 heavy (non-hydrogen) atoms. The number of aliphatic imine (C=N–C) groups is 1. The van der Waals surface area contributed by atoms with Gasteiger partial charge in [-0.3, -0.25) is 4.99 Å². The molecule has 3 aromatic heterocycles. The maximum absolute atomic E-state index is 10.1. The fraction of sp³-hybridized carbons (Fsp3) is 0.0492. The Labute approximate surface area is 387 Å². The molecule has 324 valence electrons. The van der Waals surface area contributed by atoms with Gasteiger partial charge < -0.3 is 18.7 Å². The molecular weight excluding hydrogens is 809 g/mol. The van der Waals surface area contributed by atoms with Crippen molar-refractivity contribution in [2.24, 2.45) is 4.99 Å². The predicted molar refractivity (Wildman–Crippen MR) is 285 cm³/mol. The number of nitrogens with zero attached hydrogens (tertiary/aromatic N) is 1. The number of rotatable bonds is 12. The average Bonchev–Trinajstić information content (AvgIpc) is 4.01. The van der Waals surface area contributed by atoms with Crippen LogP contribution in [0.4, 0.5) is 0 Å². The molecule has 5 nitrogen and oxygen atoms in total. The number of aryl methyl sites for hydroxylation is 1. The second kappa shape index (κ2) is 21.2. The maximum Gasteiger partial charge on any atom is 0.145 e. The molecule has 1 N–H and O–H groups in total. The highest BCUT2D eigenvalue weighted by atomic mass is 16.3. The van der Waals surface area contributed by atoms with Crippen LogP contribution in [0.5, 0.6) is 0 Å². The number of nitrogens with one attached hydrogen (secondary N) is 1. The molecule has 1 aliphatic rings. The van der Waals surface area contributed by atoms with Gasteiger partial charge in [0.05, 0.1) is 17.0 Å². The normalized spacial score (nSPS) is 16.7. The zero-order valence-corrected chi connectivity index (χ0v) is 37.7. The molecular formula is C61H52N2O3. The van der Waals surface area contributed by atoms with Gasteiger partial charge in [0, 0.05) is 44.0 Å². The monoisotopic (exact) mass is 860 g/mol. The summed E-state index contributed by atoms with van der Waals surface area (Å²) in [6.07, 6.45) is 32.2. The van der Waals surface area contributed by atoms with Gasteiger partial charge in [-0.1, -0.05) is 196 Å². The van der Waals surface area contributed by atoms with Crippen molar-refractivity contribution in [2.75, 3.05) is 0 Å². The minimum absolute atomic E-state index is 0.103. The lowest BCUT2D eigenvalue weighted by Gasteiger charge is -2.16. The first-order chi connectivity index (χ1) is 32.3. The first kappa shape index (κ1) is 45.5. The summed E-state index contributed by atoms with van der Waals surface area (Å²) in [7, 11) is 0. The Balaban J connectivity index is 0.000000846. The van der Waals surface area contributed by atoms with E-state index in [-0.39, 0.29) is 5.71 Å². The van der Waals surface area contributed by atoms with Gasteiger partial charge in [-0.25, -0.2) is 0 Å². The molecule has 0 saturated heterocycles. The van der Waals surface area contributed by atoms with Gasteiger partial charge in [0.15, 0.2) is 0 Å². The topological polar surface area (TPSA) is 75.6 Å². The molecule has 5 heteroatoms. The van der Waals surface area contributed by atoms with Crippen molar-refractivity contribution in [1.82, 2.24) is 0 Å². The Bertz CT molecular complexity index is 3320. The van der Waals surface area contributed by atoms with Crippen molar-refractivity contribution in [3.8, 4) is 0 Å². The van der Waals surface area contributed by atoms with E-state index in [0.717, 1.165) is 55.1 Å². The van der Waals surface area contributed by atoms with Crippen LogP contribution < -0.4 is 0 Å². The van der Waals surface area contributed by atoms with Gasteiger partial charge in [-0.15, -0.1) is 0 Å². The van der Waals surface area contributed by atoms with Crippen molar-refractivity contribution in [2.45, 2.75) is 20.8 Å². The molecule has 0 atom stereocenters. The fourth-order valence-corrected chi connectivity index (χ4v) is 7.98. The molecule has 0 fully saturated rings. The summed E-state index contributed by atoms with van der Waals surface area (Å²) in [5.74, 6) is 1.69. The minimum Gasteiger partial charge on any atom is -0.455 e. The van der Waals surface area contributed by atoms with Gasteiger partial charge in [0.25, 0.3) is 0 Å². The summed E-state index contributed by atoms with van der Waals surface area (Å²) >= 11 is 0. The summed E-state index contributed by atoms with van der Waals surface area (Å²) in [6.45, 7) is 25.9. The van der Waals surface area contributed by atoms with E-state index < -0.39 is 0 Å². The van der Waals surface area contributed by atoms with Crippen molar-refractivity contribution >= 4 is 92.4 Å². The van der Waals surface area contributed by atoms with E-state index >= 15 is 0 Å². The number of hydrogen-bond donors (Lipinski definition) is 1. The largest absolute Gasteiger partial charge is 0.455 e. The highest BCUT2D eigenvalue weighted by Gasteiger charge is 2.27. The lowest BCUT2D eigenvalue weighted by atomic mass is 9.88. The zero-order chi connectivity index (χ0) is 46.6. The second-order valence-electron chi connectivity index (χ2n) is 15.2. The number of allylic oxidation sites excluding steroid dienone is 15. The van der Waals surface area contributed by atoms with E-state index in [0.29, 0.717) is 50.9 Å². The maximum atomic E-state index is 10.1. The molecule has 0 amide bonds. The highest BCUT2D eigenvalue weighted by Crippen LogP contribution is 2.43. The van der Waals surface area contributed by atoms with Crippen LogP contribution in [-0.4, -0.2) is 12.4 Å². The van der Waals surface area contributed by atoms with Crippen molar-refractivity contribution in [3.05, 3.63) is 252 Å². The van der Waals surface area contributed by atoms with Crippen LogP contribution in [0.15, 0.2) is 220 Å². The standard InChI is InChI=1S/C54H44N2O3.C7H8/c1-8-22-35(11-4)47(56-7)34-46(55)51-45(44-31-21-30-42-40-26-18-19-32-50(40)59-53(42)44)33-36(37-28-20-29-41-38(23-9-2)48(12-5)57-52(37)41)25-16-14-15-17-27-43-39(24-10-3)49(13-6)58-54(43)51;1-7-5-3-2-4-6-7/h8-34,55H,1,4-7H2,2-3H3;2-6H,1H3/b15-14+,16-14?,17-15?,23-9-,24-10-,25-16+,27-17-,35-22+,36-25?,36-33+,43-27?,45-33?,47-34-,51-45+,54-51?,55-46?;. The summed E-state index contributed by atoms with van der Waals surface area (Å²) in [6, 6.07) is 30.5. The van der Waals surface area contributed by atoms with Gasteiger partial charge in [0.1, 0.15) is 34.0 Å². The van der Waals surface area contributed by atoms with E-state index in [1.165, 1.54) is 5.56 Å². The third-order valence-electron chi connectivity index (χ3n) is 11.0. The van der Waals surface area contributed by atoms with E-state index in [2.05, 4.69) is 81.4 Å². The first-order valence-electron chi connectivity index (χ1n) is 21.7. The Morgan fingerprint density at radius 3 is 1.95 bits per heavy atom. The molecule has 8 rings (SSSR count). The molecule has 0 aliphatic heterocycles. The lowest BCUT2D eigenvalue weighted by Crippen LogP contribution is -2.04. The first-order valence-corrected chi connectivity index (χ1v) is 21.7. The molecule has 0 bridgehead atoms. The van der Waals surface area contributed by atoms with Gasteiger partial charge >= 0.3 is 0 Å². The molecule has 0 unspecified atom stereocenters. The molecule has 0 saturated carbocycles. The van der Waals surface area contributed by atoms with Gasteiger partial charge in [-0.2, -0.15) is 0 Å². The van der Waals surface area contributed by atoms with Crippen LogP contribution in [0.1, 0.15) is 64.5 Å². The van der Waals surface area contributed by atoms with Gasteiger partial charge in [-0.05, 0) is 74.6 Å². The van der Waals surface area contributed by atoms with E-state index in [9.17, 15) is 5.41 Å². The Morgan fingerprint density at radius 2 is 1.29 bits per heavy atom. The Kier molecular flexibility index (Phi) is 14.6. The predicted octanol–water partition coefficient (Wildman–Crippen LogP) is 17.3. The summed E-state index contributed by atoms with van der Waals surface area (Å²) in [4.78, 5) is 4.35. The summed E-state index contributed by atoms with van der Waals surface area (Å²) < 4.78 is 20.2. The van der Waals surface area contributed by atoms with Gasteiger partial charge in [0.2, 0.25) is 0 Å². The summed E-state index contributed by atoms with van der Waals surface area (Å²) in [5.41, 5.74) is 10.7. The number of benzene rings is 4. The second-order valence-corrected chi connectivity index (χ2v) is 15.2. The van der Waals surface area contributed by atoms with Crippen LogP contribution in [0, 0.1) is 12.3 Å². The quantitative estimate of drug-likeness (QED) is 0.0982. The van der Waals surface area contributed by atoms with Crippen LogP contribution >= 0.6 is 0 Å². The van der Waals surface area contributed by atoms with Crippen LogP contribution in [0.3, 0.4) is 0 Å². The zero-order valence-electron chi connectivity index (χ0n) is 37.7. The van der Waals surface area contributed by atoms with E-state index in [1.54, 1.807) is 36.5 Å². The Hall–Kier alpha value is -8.54. The molecule has 7 aromatic rings. The molecule has 4 aromatic carbocycles. The fourth-order valence-electron chi connectivity index (χ4n) is 7.98. The lowest BCUT2D eigenvalue weighted by molar-refractivity contribution is 0.544. The number of furan rings is 3. The smallest absolute Gasteiger partial charge is 0.145 e. The van der Waals surface area contributed by atoms with Crippen LogP contribution in [-0.2, 0) is 0 Å². The number of hydrogen-bond acceptors (Lipinski definition) is 5. The van der Waals surface area contributed by atoms with Crippen LogP contribution in [0.2, 0.25) is 0 Å². The number of fused-ring (bicyclic) bond motifs is 5. The Morgan fingerprint density at radius 1 is 0.652 bits per heavy atom. The third kappa shape index (κ3) is 9.37.